The number of hydrogen-bond donors (Lipinski definition) is 0. The van der Waals surface area contributed by atoms with Crippen molar-refractivity contribution in [1.29, 1.82) is 5.26 Å². The van der Waals surface area contributed by atoms with Gasteiger partial charge < -0.3 is 14.4 Å². The van der Waals surface area contributed by atoms with Crippen molar-refractivity contribution in [2.24, 2.45) is 13.0 Å². The Kier molecular flexibility index (Phi) is 8.67. The van der Waals surface area contributed by atoms with Gasteiger partial charge in [0.1, 0.15) is 23.0 Å². The highest BCUT2D eigenvalue weighted by molar-refractivity contribution is 5.86. The van der Waals surface area contributed by atoms with E-state index >= 15 is 0 Å². The predicted octanol–water partition coefficient (Wildman–Crippen LogP) is 4.45. The van der Waals surface area contributed by atoms with E-state index in [1.807, 2.05) is 0 Å². The van der Waals surface area contributed by atoms with Gasteiger partial charge >= 0.3 is 5.69 Å². The third-order valence-electron chi connectivity index (χ3n) is 8.56. The van der Waals surface area contributed by atoms with Crippen molar-refractivity contribution in [3.8, 4) is 11.8 Å². The van der Waals surface area contributed by atoms with Crippen LogP contribution in [0.5, 0.6) is 5.75 Å². The van der Waals surface area contributed by atoms with Crippen molar-refractivity contribution >= 4 is 16.9 Å². The van der Waals surface area contributed by atoms with Crippen molar-refractivity contribution in [1.82, 2.24) is 19.4 Å². The average Bonchev–Trinajstić information content (AvgIpc) is 2.99. The highest BCUT2D eigenvalue weighted by Crippen LogP contribution is 2.34. The molecule has 2 aliphatic rings. The van der Waals surface area contributed by atoms with Crippen LogP contribution in [0.15, 0.2) is 41.2 Å². The summed E-state index contributed by atoms with van der Waals surface area (Å²) in [5.74, 6) is 2.06. The fourth-order valence-electron chi connectivity index (χ4n) is 6.15. The quantitative estimate of drug-likeness (QED) is 0.411. The van der Waals surface area contributed by atoms with E-state index in [1.54, 1.807) is 19.2 Å². The lowest BCUT2D eigenvalue weighted by Crippen LogP contribution is -2.58. The summed E-state index contributed by atoms with van der Waals surface area (Å²) in [5.41, 5.74) is 2.57. The summed E-state index contributed by atoms with van der Waals surface area (Å²) in [7, 11) is 1.69. The monoisotopic (exact) mass is 544 g/mol. The van der Waals surface area contributed by atoms with Crippen LogP contribution in [0.2, 0.25) is 0 Å². The smallest absolute Gasteiger partial charge is 0.349 e. The van der Waals surface area contributed by atoms with Crippen LogP contribution >= 0.6 is 0 Å². The molecule has 2 fully saturated rings. The van der Waals surface area contributed by atoms with Gasteiger partial charge in [-0.05, 0) is 68.4 Å². The highest BCUT2D eigenvalue weighted by atomic mass is 16.5. The minimum Gasteiger partial charge on any atom is -0.493 e. The van der Waals surface area contributed by atoms with E-state index in [1.165, 1.54) is 10.1 Å². The maximum absolute atomic E-state index is 12.8. The second-order valence-corrected chi connectivity index (χ2v) is 11.1. The topological polar surface area (TPSA) is 96.5 Å². The van der Waals surface area contributed by atoms with Gasteiger partial charge in [0, 0.05) is 51.5 Å². The molecule has 3 aromatic rings. The number of nitrogens with zero attached hydrogens (tertiary/aromatic N) is 6. The van der Waals surface area contributed by atoms with Gasteiger partial charge in [0.05, 0.1) is 12.1 Å². The normalized spacial score (nSPS) is 21.3. The van der Waals surface area contributed by atoms with Crippen LogP contribution in [0, 0.1) is 17.2 Å². The SMILES string of the molecule is CCC(c1ccc(OCC2CCOCC2)cc1)N1C[C@H](C)N(c2nc(=O)n(C)c3ccc(C#N)nc23)C[C@@H]1CC. The summed E-state index contributed by atoms with van der Waals surface area (Å²) in [6.45, 7) is 10.6. The maximum atomic E-state index is 12.8. The Morgan fingerprint density at radius 3 is 2.52 bits per heavy atom. The highest BCUT2D eigenvalue weighted by Gasteiger charge is 2.36. The molecule has 2 aromatic heterocycles. The number of anilines is 1. The third kappa shape index (κ3) is 5.70. The minimum atomic E-state index is -0.317. The Bertz CT molecular complexity index is 1410. The van der Waals surface area contributed by atoms with Crippen LogP contribution in [-0.4, -0.2) is 64.4 Å². The number of hydrogen-bond acceptors (Lipinski definition) is 8. The molecule has 0 saturated carbocycles. The molecule has 212 valence electrons. The Morgan fingerprint density at radius 2 is 1.85 bits per heavy atom. The zero-order valence-corrected chi connectivity index (χ0v) is 24.0. The summed E-state index contributed by atoms with van der Waals surface area (Å²) in [6, 6.07) is 14.8. The molecule has 0 spiro atoms. The van der Waals surface area contributed by atoms with Gasteiger partial charge in [-0.25, -0.2) is 9.78 Å². The molecule has 0 amide bonds. The molecule has 9 nitrogen and oxygen atoms in total. The molecular weight excluding hydrogens is 504 g/mol. The maximum Gasteiger partial charge on any atom is 0.349 e. The molecule has 0 radical (unpaired) electrons. The summed E-state index contributed by atoms with van der Waals surface area (Å²) in [6.07, 6.45) is 4.09. The van der Waals surface area contributed by atoms with Crippen LogP contribution in [0.1, 0.15) is 63.8 Å². The lowest BCUT2D eigenvalue weighted by atomic mass is 9.96. The zero-order valence-electron chi connectivity index (χ0n) is 24.0. The molecule has 1 unspecified atom stereocenters. The molecule has 2 aliphatic heterocycles. The van der Waals surface area contributed by atoms with Crippen molar-refractivity contribution in [2.75, 3.05) is 37.8 Å². The Labute approximate surface area is 236 Å². The molecule has 1 aromatic carbocycles. The fraction of sp³-hybridized carbons (Fsp3) is 0.548. The van der Waals surface area contributed by atoms with E-state index in [-0.39, 0.29) is 23.8 Å². The van der Waals surface area contributed by atoms with E-state index in [2.05, 4.69) is 70.9 Å². The summed E-state index contributed by atoms with van der Waals surface area (Å²) in [5, 5.41) is 9.46. The number of rotatable bonds is 8. The molecule has 40 heavy (non-hydrogen) atoms. The zero-order chi connectivity index (χ0) is 28.2. The van der Waals surface area contributed by atoms with Gasteiger partial charge in [-0.3, -0.25) is 9.47 Å². The lowest BCUT2D eigenvalue weighted by molar-refractivity contribution is 0.0497. The third-order valence-corrected chi connectivity index (χ3v) is 8.56. The molecule has 3 atom stereocenters. The lowest BCUT2D eigenvalue weighted by Gasteiger charge is -2.49. The van der Waals surface area contributed by atoms with E-state index in [0.717, 1.165) is 64.3 Å². The van der Waals surface area contributed by atoms with Gasteiger partial charge in [0.25, 0.3) is 0 Å². The van der Waals surface area contributed by atoms with E-state index in [0.29, 0.717) is 28.5 Å². The largest absolute Gasteiger partial charge is 0.493 e. The predicted molar refractivity (Wildman–Crippen MR) is 156 cm³/mol. The summed E-state index contributed by atoms with van der Waals surface area (Å²) in [4.78, 5) is 26.6. The molecule has 0 aliphatic carbocycles. The van der Waals surface area contributed by atoms with Crippen molar-refractivity contribution in [2.45, 2.75) is 64.6 Å². The van der Waals surface area contributed by atoms with Crippen molar-refractivity contribution in [3.63, 3.8) is 0 Å². The number of aryl methyl sites for hydroxylation is 1. The Morgan fingerprint density at radius 1 is 1.10 bits per heavy atom. The van der Waals surface area contributed by atoms with Crippen LogP contribution in [0.25, 0.3) is 11.0 Å². The first-order chi connectivity index (χ1) is 19.4. The minimum absolute atomic E-state index is 0.106. The number of benzene rings is 1. The van der Waals surface area contributed by atoms with Gasteiger partial charge in [-0.2, -0.15) is 10.2 Å². The fourth-order valence-corrected chi connectivity index (χ4v) is 6.15. The van der Waals surface area contributed by atoms with E-state index < -0.39 is 0 Å². The molecule has 5 rings (SSSR count). The first-order valence-electron chi connectivity index (χ1n) is 14.5. The van der Waals surface area contributed by atoms with Crippen LogP contribution in [-0.2, 0) is 11.8 Å². The van der Waals surface area contributed by atoms with E-state index in [9.17, 15) is 10.1 Å². The number of pyridine rings is 1. The standard InChI is InChI=1S/C31H40N6O3/c1-5-25-19-36(30-29-28(35(4)31(38)34-30)12-9-24(17-32)33-29)21(3)18-37(25)27(6-2)23-7-10-26(11-8-23)40-20-22-13-15-39-16-14-22/h7-12,21-22,25,27H,5-6,13-16,18-20H2,1-4H3/t21-,25-,27?/m0/s1. The number of fused-ring (bicyclic) bond motifs is 1. The molecule has 9 heteroatoms. The number of piperazine rings is 1. The van der Waals surface area contributed by atoms with Crippen molar-refractivity contribution in [3.05, 3.63) is 58.1 Å². The number of nitriles is 1. The van der Waals surface area contributed by atoms with Crippen LogP contribution in [0.4, 0.5) is 5.82 Å². The Balaban J connectivity index is 1.36. The van der Waals surface area contributed by atoms with E-state index in [4.69, 9.17) is 9.47 Å². The summed E-state index contributed by atoms with van der Waals surface area (Å²) < 4.78 is 13.1. The van der Waals surface area contributed by atoms with Crippen LogP contribution < -0.4 is 15.3 Å². The van der Waals surface area contributed by atoms with Gasteiger partial charge in [-0.1, -0.05) is 26.0 Å². The Hall–Kier alpha value is -3.48. The number of aromatic nitrogens is 3. The number of ether oxygens (including phenoxy) is 2. The molecule has 2 saturated heterocycles. The molecule has 0 N–H and O–H groups in total. The second kappa shape index (κ2) is 12.4. The molecule has 4 heterocycles. The average molecular weight is 545 g/mol. The molecular formula is C31H40N6O3. The van der Waals surface area contributed by atoms with Gasteiger partial charge in [-0.15, -0.1) is 0 Å². The first kappa shape index (κ1) is 28.1. The van der Waals surface area contributed by atoms with Gasteiger partial charge in [0.15, 0.2) is 5.82 Å². The first-order valence-corrected chi connectivity index (χ1v) is 14.5. The van der Waals surface area contributed by atoms with Crippen molar-refractivity contribution < 1.29 is 9.47 Å². The van der Waals surface area contributed by atoms with Gasteiger partial charge in [0.2, 0.25) is 0 Å². The molecule has 0 bridgehead atoms. The van der Waals surface area contributed by atoms with Crippen LogP contribution in [0.3, 0.4) is 0 Å². The second-order valence-electron chi connectivity index (χ2n) is 11.1. The summed E-state index contributed by atoms with van der Waals surface area (Å²) >= 11 is 0.